The molecular formula is C24H22N6O3S2. The van der Waals surface area contributed by atoms with Gasteiger partial charge in [-0.05, 0) is 48.2 Å². The molecule has 0 bridgehead atoms. The quantitative estimate of drug-likeness (QED) is 0.175. The van der Waals surface area contributed by atoms with Crippen molar-refractivity contribution in [3.05, 3.63) is 100 Å². The molecule has 0 spiro atoms. The molecule has 0 atom stereocenters. The number of hydrogen-bond acceptors (Lipinski definition) is 7. The van der Waals surface area contributed by atoms with E-state index in [1.165, 1.54) is 23.9 Å². The number of nitro groups is 1. The first kappa shape index (κ1) is 24.3. The Kier molecular flexibility index (Phi) is 8.01. The van der Waals surface area contributed by atoms with Crippen LogP contribution in [0.2, 0.25) is 0 Å². The molecule has 0 unspecified atom stereocenters. The lowest BCUT2D eigenvalue weighted by molar-refractivity contribution is -0.384. The van der Waals surface area contributed by atoms with E-state index in [0.29, 0.717) is 28.1 Å². The lowest BCUT2D eigenvalue weighted by Gasteiger charge is -2.12. The van der Waals surface area contributed by atoms with Crippen LogP contribution in [0.1, 0.15) is 11.4 Å². The largest absolute Gasteiger partial charge is 0.331 e. The third-order valence-electron chi connectivity index (χ3n) is 4.98. The maximum atomic E-state index is 12.5. The lowest BCUT2D eigenvalue weighted by Crippen LogP contribution is -2.29. The summed E-state index contributed by atoms with van der Waals surface area (Å²) in [5.74, 6) is 1.17. The summed E-state index contributed by atoms with van der Waals surface area (Å²) < 4.78 is 1.80. The summed E-state index contributed by atoms with van der Waals surface area (Å²) in [6.45, 7) is 0.116. The maximum absolute atomic E-state index is 12.5. The fourth-order valence-corrected chi connectivity index (χ4v) is 4.56. The van der Waals surface area contributed by atoms with Crippen molar-refractivity contribution < 1.29 is 9.72 Å². The summed E-state index contributed by atoms with van der Waals surface area (Å²) in [7, 11) is 0. The number of anilines is 1. The third kappa shape index (κ3) is 6.40. The van der Waals surface area contributed by atoms with Crippen molar-refractivity contribution in [1.82, 2.24) is 20.1 Å². The Hall–Kier alpha value is -3.83. The van der Waals surface area contributed by atoms with E-state index < -0.39 is 4.92 Å². The van der Waals surface area contributed by atoms with Crippen molar-refractivity contribution in [2.24, 2.45) is 0 Å². The van der Waals surface area contributed by atoms with Gasteiger partial charge in [0.25, 0.3) is 5.69 Å². The van der Waals surface area contributed by atoms with Crippen LogP contribution in [0.15, 0.2) is 88.9 Å². The molecule has 0 radical (unpaired) electrons. The molecule has 4 rings (SSSR count). The van der Waals surface area contributed by atoms with E-state index in [1.807, 2.05) is 60.9 Å². The smallest absolute Gasteiger partial charge is 0.319 e. The molecule has 0 aliphatic heterocycles. The maximum Gasteiger partial charge on any atom is 0.319 e. The molecule has 0 fully saturated rings. The molecule has 11 heteroatoms. The van der Waals surface area contributed by atoms with Crippen molar-refractivity contribution in [1.29, 1.82) is 0 Å². The lowest BCUT2D eigenvalue weighted by atomic mass is 10.2. The number of nitrogens with zero attached hydrogens (tertiary/aromatic N) is 4. The van der Waals surface area contributed by atoms with Gasteiger partial charge in [0.2, 0.25) is 0 Å². The number of urea groups is 1. The molecule has 4 aromatic rings. The van der Waals surface area contributed by atoms with Crippen LogP contribution >= 0.6 is 23.5 Å². The molecule has 0 aliphatic carbocycles. The Labute approximate surface area is 210 Å². The van der Waals surface area contributed by atoms with E-state index in [1.54, 1.807) is 28.5 Å². The van der Waals surface area contributed by atoms with Gasteiger partial charge < -0.3 is 10.6 Å². The molecule has 2 N–H and O–H groups in total. The van der Waals surface area contributed by atoms with Crippen molar-refractivity contribution >= 4 is 40.9 Å². The number of carbonyl (C=O) groups is 1. The van der Waals surface area contributed by atoms with Crippen LogP contribution in [0, 0.1) is 10.1 Å². The van der Waals surface area contributed by atoms with E-state index in [-0.39, 0.29) is 18.3 Å². The van der Waals surface area contributed by atoms with E-state index in [0.717, 1.165) is 10.5 Å². The summed E-state index contributed by atoms with van der Waals surface area (Å²) in [5, 5.41) is 25.9. The predicted molar refractivity (Wildman–Crippen MR) is 138 cm³/mol. The van der Waals surface area contributed by atoms with Gasteiger partial charge in [0.1, 0.15) is 0 Å². The average molecular weight is 507 g/mol. The summed E-state index contributed by atoms with van der Waals surface area (Å²) in [4.78, 5) is 24.2. The van der Waals surface area contributed by atoms with Gasteiger partial charge in [-0.25, -0.2) is 4.79 Å². The zero-order valence-electron chi connectivity index (χ0n) is 18.7. The Bertz CT molecular complexity index is 1300. The number of nitrogens with one attached hydrogen (secondary N) is 2. The van der Waals surface area contributed by atoms with Crippen molar-refractivity contribution in [3.63, 3.8) is 0 Å². The van der Waals surface area contributed by atoms with Gasteiger partial charge in [-0.3, -0.25) is 14.7 Å². The van der Waals surface area contributed by atoms with Gasteiger partial charge in [0.05, 0.1) is 11.5 Å². The van der Waals surface area contributed by atoms with Crippen molar-refractivity contribution in [2.75, 3.05) is 11.6 Å². The number of nitro benzene ring substituents is 1. The second-order valence-electron chi connectivity index (χ2n) is 7.32. The van der Waals surface area contributed by atoms with Crippen LogP contribution in [-0.4, -0.2) is 32.0 Å². The normalized spacial score (nSPS) is 10.7. The first-order valence-electron chi connectivity index (χ1n) is 10.6. The Balaban J connectivity index is 1.51. The number of benzene rings is 3. The second-order valence-corrected chi connectivity index (χ2v) is 9.14. The molecule has 1 aromatic heterocycles. The zero-order valence-corrected chi connectivity index (χ0v) is 20.4. The molecule has 1 heterocycles. The topological polar surface area (TPSA) is 115 Å². The van der Waals surface area contributed by atoms with Crippen LogP contribution in [0.5, 0.6) is 0 Å². The van der Waals surface area contributed by atoms with Crippen LogP contribution in [-0.2, 0) is 12.3 Å². The second kappa shape index (κ2) is 11.5. The van der Waals surface area contributed by atoms with Gasteiger partial charge in [-0.2, -0.15) is 0 Å². The van der Waals surface area contributed by atoms with Crippen LogP contribution < -0.4 is 10.6 Å². The SMILES string of the molecule is CSc1ccc(NC(=O)NCc2nnc(SCc3ccccc3)n2-c2ccc([N+](=O)[O-])cc2)cc1. The molecule has 9 nitrogen and oxygen atoms in total. The first-order chi connectivity index (χ1) is 17.0. The number of rotatable bonds is 9. The molecule has 178 valence electrons. The summed E-state index contributed by atoms with van der Waals surface area (Å²) >= 11 is 3.12. The molecule has 0 saturated heterocycles. The fraction of sp³-hybridized carbons (Fsp3) is 0.125. The van der Waals surface area contributed by atoms with E-state index in [2.05, 4.69) is 20.8 Å². The van der Waals surface area contributed by atoms with Crippen LogP contribution in [0.4, 0.5) is 16.2 Å². The minimum Gasteiger partial charge on any atom is -0.331 e. The summed E-state index contributed by atoms with van der Waals surface area (Å²) in [6.07, 6.45) is 1.99. The van der Waals surface area contributed by atoms with E-state index >= 15 is 0 Å². The van der Waals surface area contributed by atoms with Gasteiger partial charge in [0.15, 0.2) is 11.0 Å². The number of amides is 2. The first-order valence-corrected chi connectivity index (χ1v) is 12.8. The number of non-ortho nitro benzene ring substituents is 1. The number of thioether (sulfide) groups is 2. The number of aromatic nitrogens is 3. The number of carbonyl (C=O) groups excluding carboxylic acids is 1. The minimum atomic E-state index is -0.445. The highest BCUT2D eigenvalue weighted by Gasteiger charge is 2.17. The fourth-order valence-electron chi connectivity index (χ4n) is 3.22. The minimum absolute atomic E-state index is 0.00754. The number of hydrogen-bond donors (Lipinski definition) is 2. The third-order valence-corrected chi connectivity index (χ3v) is 6.73. The standard InChI is InChI=1S/C24H22N6O3S2/c1-34-21-13-7-18(8-14-21)26-23(31)25-15-22-27-28-24(35-16-17-5-3-2-4-6-17)29(22)19-9-11-20(12-10-19)30(32)33/h2-14H,15-16H2,1H3,(H2,25,26,31). The highest BCUT2D eigenvalue weighted by Crippen LogP contribution is 2.26. The zero-order chi connectivity index (χ0) is 24.6. The Morgan fingerprint density at radius 2 is 1.71 bits per heavy atom. The average Bonchev–Trinajstić information content (AvgIpc) is 3.30. The van der Waals surface area contributed by atoms with Crippen molar-refractivity contribution in [2.45, 2.75) is 22.3 Å². The monoisotopic (exact) mass is 506 g/mol. The predicted octanol–water partition coefficient (Wildman–Crippen LogP) is 5.51. The van der Waals surface area contributed by atoms with Crippen molar-refractivity contribution in [3.8, 4) is 5.69 Å². The van der Waals surface area contributed by atoms with Gasteiger partial charge in [-0.15, -0.1) is 22.0 Å². The highest BCUT2D eigenvalue weighted by atomic mass is 32.2. The van der Waals surface area contributed by atoms with Gasteiger partial charge in [0, 0.05) is 34.2 Å². The summed E-state index contributed by atoms with van der Waals surface area (Å²) in [5.41, 5.74) is 2.46. The Morgan fingerprint density at radius 1 is 1.00 bits per heavy atom. The van der Waals surface area contributed by atoms with Crippen LogP contribution in [0.25, 0.3) is 5.69 Å². The molecular weight excluding hydrogens is 484 g/mol. The molecule has 35 heavy (non-hydrogen) atoms. The molecule has 0 aliphatic rings. The van der Waals surface area contributed by atoms with E-state index in [9.17, 15) is 14.9 Å². The summed E-state index contributed by atoms with van der Waals surface area (Å²) in [6, 6.07) is 23.3. The van der Waals surface area contributed by atoms with Gasteiger partial charge >= 0.3 is 6.03 Å². The molecule has 0 saturated carbocycles. The highest BCUT2D eigenvalue weighted by molar-refractivity contribution is 7.98. The van der Waals surface area contributed by atoms with Gasteiger partial charge in [-0.1, -0.05) is 42.1 Å². The Morgan fingerprint density at radius 3 is 2.37 bits per heavy atom. The van der Waals surface area contributed by atoms with E-state index in [4.69, 9.17) is 0 Å². The molecule has 2 amide bonds. The molecule has 3 aromatic carbocycles. The van der Waals surface area contributed by atoms with Crippen LogP contribution in [0.3, 0.4) is 0 Å².